The number of hydrogen-bond donors (Lipinski definition) is 1. The number of aromatic nitrogens is 1. The van der Waals surface area contributed by atoms with Gasteiger partial charge in [-0.05, 0) is 49.7 Å². The quantitative estimate of drug-likeness (QED) is 0.828. The van der Waals surface area contributed by atoms with Crippen molar-refractivity contribution in [2.24, 2.45) is 7.05 Å². The second-order valence-electron chi connectivity index (χ2n) is 6.42. The molecule has 126 valence electrons. The highest BCUT2D eigenvalue weighted by molar-refractivity contribution is 9.10. The average Bonchev–Trinajstić information content (AvgIpc) is 2.75. The molecule has 1 N–H and O–H groups in total. The van der Waals surface area contributed by atoms with Crippen molar-refractivity contribution < 1.29 is 4.79 Å². The molecular weight excluding hydrogens is 354 g/mol. The number of para-hydroxylation sites is 1. The lowest BCUT2D eigenvalue weighted by atomic mass is 10.2. The summed E-state index contributed by atoms with van der Waals surface area (Å²) in [6.07, 6.45) is 0. The monoisotopic (exact) mass is 379 g/mol. The van der Waals surface area contributed by atoms with Gasteiger partial charge in [-0.1, -0.05) is 18.2 Å². The summed E-state index contributed by atoms with van der Waals surface area (Å²) >= 11 is 3.58. The van der Waals surface area contributed by atoms with Gasteiger partial charge in [0, 0.05) is 43.1 Å². The Morgan fingerprint density at radius 1 is 1.22 bits per heavy atom. The van der Waals surface area contributed by atoms with Crippen molar-refractivity contribution >= 4 is 32.7 Å². The summed E-state index contributed by atoms with van der Waals surface area (Å²) < 4.78 is 2.80. The number of fused-ring (bicyclic) bond motifs is 1. The fraction of sp³-hybridized carbons (Fsp3) is 0.500. The van der Waals surface area contributed by atoms with Crippen LogP contribution in [-0.2, 0) is 7.05 Å². The van der Waals surface area contributed by atoms with Crippen LogP contribution in [0.4, 0.5) is 0 Å². The van der Waals surface area contributed by atoms with E-state index in [9.17, 15) is 4.79 Å². The summed E-state index contributed by atoms with van der Waals surface area (Å²) in [5, 5.41) is 4.11. The molecule has 0 bridgehead atoms. The molecule has 0 atom stereocenters. The number of rotatable bonds is 6. The van der Waals surface area contributed by atoms with E-state index in [2.05, 4.69) is 53.8 Å². The van der Waals surface area contributed by atoms with E-state index < -0.39 is 0 Å². The standard InChI is InChI=1S/C18H26BrN3O/c1-12(2)22(13(3)4)11-10-20-18(23)17-16(19)14-8-6-7-9-15(14)21(17)5/h6-9,12-13H,10-11H2,1-5H3,(H,20,23). The second kappa shape index (κ2) is 7.49. The first-order chi connectivity index (χ1) is 10.8. The van der Waals surface area contributed by atoms with Crippen LogP contribution in [0.3, 0.4) is 0 Å². The van der Waals surface area contributed by atoms with Gasteiger partial charge in [-0.15, -0.1) is 0 Å². The van der Waals surface area contributed by atoms with Crippen molar-refractivity contribution in [1.82, 2.24) is 14.8 Å². The van der Waals surface area contributed by atoms with Crippen LogP contribution in [-0.4, -0.2) is 40.5 Å². The Bertz CT molecular complexity index is 644. The van der Waals surface area contributed by atoms with Crippen molar-refractivity contribution in [3.05, 3.63) is 34.4 Å². The van der Waals surface area contributed by atoms with E-state index in [-0.39, 0.29) is 5.91 Å². The first kappa shape index (κ1) is 18.0. The number of amides is 1. The zero-order valence-electron chi connectivity index (χ0n) is 14.6. The van der Waals surface area contributed by atoms with Crippen LogP contribution in [0, 0.1) is 0 Å². The van der Waals surface area contributed by atoms with Crippen molar-refractivity contribution in [2.75, 3.05) is 13.1 Å². The maximum absolute atomic E-state index is 12.6. The van der Waals surface area contributed by atoms with Crippen LogP contribution >= 0.6 is 15.9 Å². The van der Waals surface area contributed by atoms with Crippen LogP contribution in [0.1, 0.15) is 38.2 Å². The Kier molecular flexibility index (Phi) is 5.87. The molecule has 0 spiro atoms. The predicted octanol–water partition coefficient (Wildman–Crippen LogP) is 3.79. The number of carbonyl (C=O) groups excluding carboxylic acids is 1. The van der Waals surface area contributed by atoms with Gasteiger partial charge in [-0.25, -0.2) is 0 Å². The SMILES string of the molecule is CC(C)N(CCNC(=O)c1c(Br)c2ccccc2n1C)C(C)C. The van der Waals surface area contributed by atoms with Gasteiger partial charge in [0.15, 0.2) is 0 Å². The first-order valence-corrected chi connectivity index (χ1v) is 8.90. The average molecular weight is 380 g/mol. The van der Waals surface area contributed by atoms with Crippen LogP contribution in [0.15, 0.2) is 28.7 Å². The molecule has 0 unspecified atom stereocenters. The van der Waals surface area contributed by atoms with Gasteiger partial charge in [0.2, 0.25) is 0 Å². The zero-order chi connectivity index (χ0) is 17.1. The molecule has 5 heteroatoms. The van der Waals surface area contributed by atoms with Crippen LogP contribution in [0.5, 0.6) is 0 Å². The van der Waals surface area contributed by atoms with Crippen molar-refractivity contribution in [3.63, 3.8) is 0 Å². The molecule has 1 aromatic heterocycles. The van der Waals surface area contributed by atoms with Gasteiger partial charge in [0.25, 0.3) is 5.91 Å². The predicted molar refractivity (Wildman–Crippen MR) is 99.9 cm³/mol. The van der Waals surface area contributed by atoms with E-state index in [0.717, 1.165) is 21.9 Å². The minimum Gasteiger partial charge on any atom is -0.349 e. The highest BCUT2D eigenvalue weighted by atomic mass is 79.9. The largest absolute Gasteiger partial charge is 0.349 e. The minimum atomic E-state index is -0.0389. The van der Waals surface area contributed by atoms with E-state index in [4.69, 9.17) is 0 Å². The summed E-state index contributed by atoms with van der Waals surface area (Å²) in [6.45, 7) is 10.2. The van der Waals surface area contributed by atoms with Gasteiger partial charge in [-0.2, -0.15) is 0 Å². The molecule has 0 saturated carbocycles. The van der Waals surface area contributed by atoms with Gasteiger partial charge in [-0.3, -0.25) is 9.69 Å². The summed E-state index contributed by atoms with van der Waals surface area (Å²) in [5.41, 5.74) is 1.72. The van der Waals surface area contributed by atoms with E-state index >= 15 is 0 Å². The molecule has 0 aliphatic heterocycles. The topological polar surface area (TPSA) is 37.3 Å². The summed E-state index contributed by atoms with van der Waals surface area (Å²) in [5.74, 6) is -0.0389. The lowest BCUT2D eigenvalue weighted by molar-refractivity contribution is 0.0931. The summed E-state index contributed by atoms with van der Waals surface area (Å²) in [6, 6.07) is 8.95. The fourth-order valence-electron chi connectivity index (χ4n) is 3.09. The van der Waals surface area contributed by atoms with Crippen molar-refractivity contribution in [2.45, 2.75) is 39.8 Å². The van der Waals surface area contributed by atoms with Crippen molar-refractivity contribution in [1.29, 1.82) is 0 Å². The molecule has 1 heterocycles. The minimum absolute atomic E-state index is 0.0389. The van der Waals surface area contributed by atoms with Crippen LogP contribution in [0.2, 0.25) is 0 Å². The smallest absolute Gasteiger partial charge is 0.269 e. The third-order valence-corrected chi connectivity index (χ3v) is 5.05. The Morgan fingerprint density at radius 3 is 2.39 bits per heavy atom. The third kappa shape index (κ3) is 3.78. The van der Waals surface area contributed by atoms with Gasteiger partial charge < -0.3 is 9.88 Å². The Hall–Kier alpha value is -1.33. The summed E-state index contributed by atoms with van der Waals surface area (Å²) in [4.78, 5) is 15.0. The number of nitrogens with one attached hydrogen (secondary N) is 1. The van der Waals surface area contributed by atoms with E-state index in [1.807, 2.05) is 35.9 Å². The number of hydrogen-bond acceptors (Lipinski definition) is 2. The normalized spacial score (nSPS) is 11.9. The molecule has 2 rings (SSSR count). The van der Waals surface area contributed by atoms with E-state index in [0.29, 0.717) is 24.3 Å². The van der Waals surface area contributed by atoms with Crippen LogP contribution < -0.4 is 5.32 Å². The molecule has 0 aliphatic carbocycles. The summed E-state index contributed by atoms with van der Waals surface area (Å²) in [7, 11) is 1.93. The molecule has 0 saturated heterocycles. The molecule has 1 aromatic carbocycles. The number of carbonyl (C=O) groups is 1. The molecule has 0 aliphatic rings. The number of halogens is 1. The Morgan fingerprint density at radius 2 is 1.83 bits per heavy atom. The highest BCUT2D eigenvalue weighted by Crippen LogP contribution is 2.29. The number of benzene rings is 1. The van der Waals surface area contributed by atoms with Gasteiger partial charge >= 0.3 is 0 Å². The number of aryl methyl sites for hydroxylation is 1. The Labute approximate surface area is 147 Å². The lowest BCUT2D eigenvalue weighted by Crippen LogP contribution is -2.42. The molecule has 0 radical (unpaired) electrons. The molecule has 4 nitrogen and oxygen atoms in total. The zero-order valence-corrected chi connectivity index (χ0v) is 16.1. The molecule has 2 aromatic rings. The first-order valence-electron chi connectivity index (χ1n) is 8.11. The second-order valence-corrected chi connectivity index (χ2v) is 7.21. The molecule has 1 amide bonds. The lowest BCUT2D eigenvalue weighted by Gasteiger charge is -2.30. The fourth-order valence-corrected chi connectivity index (χ4v) is 3.88. The highest BCUT2D eigenvalue weighted by Gasteiger charge is 2.19. The number of nitrogens with zero attached hydrogens (tertiary/aromatic N) is 2. The van der Waals surface area contributed by atoms with Gasteiger partial charge in [0.1, 0.15) is 5.69 Å². The maximum Gasteiger partial charge on any atom is 0.269 e. The molecular formula is C18H26BrN3O. The van der Waals surface area contributed by atoms with Gasteiger partial charge in [0.05, 0.1) is 4.47 Å². The molecule has 0 fully saturated rings. The third-order valence-electron chi connectivity index (χ3n) is 4.24. The maximum atomic E-state index is 12.6. The van der Waals surface area contributed by atoms with Crippen LogP contribution in [0.25, 0.3) is 10.9 Å². The van der Waals surface area contributed by atoms with E-state index in [1.165, 1.54) is 0 Å². The molecule has 23 heavy (non-hydrogen) atoms. The van der Waals surface area contributed by atoms with Crippen molar-refractivity contribution in [3.8, 4) is 0 Å². The Balaban J connectivity index is 2.10. The van der Waals surface area contributed by atoms with E-state index in [1.54, 1.807) is 0 Å².